The summed E-state index contributed by atoms with van der Waals surface area (Å²) in [6, 6.07) is 4.98. The topological polar surface area (TPSA) is 0 Å². The maximum absolute atomic E-state index is 13.7. The maximum atomic E-state index is 13.7. The molecule has 0 saturated carbocycles. The molecule has 0 saturated heterocycles. The van der Waals surface area contributed by atoms with E-state index < -0.39 is 28.6 Å². The van der Waals surface area contributed by atoms with Gasteiger partial charge in [-0.15, -0.1) is 11.6 Å². The lowest BCUT2D eigenvalue weighted by molar-refractivity contribution is 0.490. The van der Waals surface area contributed by atoms with Gasteiger partial charge in [-0.05, 0) is 12.1 Å². The molecule has 6 heteroatoms. The predicted octanol–water partition coefficient (Wildman–Crippen LogP) is 5.22. The molecule has 0 radical (unpaired) electrons. The highest BCUT2D eigenvalue weighted by Gasteiger charge is 2.22. The van der Waals surface area contributed by atoms with Gasteiger partial charge in [0.1, 0.15) is 11.6 Å². The third-order valence-corrected chi connectivity index (χ3v) is 3.33. The van der Waals surface area contributed by atoms with Crippen LogP contribution >= 0.6 is 23.2 Å². The monoisotopic (exact) mass is 308 g/mol. The Morgan fingerprint density at radius 1 is 0.842 bits per heavy atom. The van der Waals surface area contributed by atoms with E-state index in [0.29, 0.717) is 12.1 Å². The van der Waals surface area contributed by atoms with E-state index in [-0.39, 0.29) is 16.1 Å². The van der Waals surface area contributed by atoms with E-state index in [4.69, 9.17) is 23.2 Å². The standard InChI is InChI=1S/C13H6Cl2F4/c14-8-3-1-2-6(13(8)19)12(15)7-4-10(17)11(18)5-9(7)16/h1-5,12H. The summed E-state index contributed by atoms with van der Waals surface area (Å²) in [4.78, 5) is 0. The van der Waals surface area contributed by atoms with Crippen molar-refractivity contribution in [3.05, 3.63) is 69.8 Å². The van der Waals surface area contributed by atoms with Crippen molar-refractivity contribution < 1.29 is 17.6 Å². The molecule has 0 aromatic heterocycles. The van der Waals surface area contributed by atoms with Gasteiger partial charge in [0.2, 0.25) is 0 Å². The van der Waals surface area contributed by atoms with Crippen molar-refractivity contribution in [1.29, 1.82) is 0 Å². The van der Waals surface area contributed by atoms with Gasteiger partial charge in [0.15, 0.2) is 11.6 Å². The quantitative estimate of drug-likeness (QED) is 0.405. The smallest absolute Gasteiger partial charge is 0.161 e. The van der Waals surface area contributed by atoms with Gasteiger partial charge in [0.25, 0.3) is 0 Å². The molecule has 0 heterocycles. The summed E-state index contributed by atoms with van der Waals surface area (Å²) in [5.41, 5.74) is -0.471. The van der Waals surface area contributed by atoms with E-state index in [1.807, 2.05) is 0 Å². The number of halogens is 6. The molecule has 100 valence electrons. The second kappa shape index (κ2) is 5.39. The molecule has 0 aliphatic carbocycles. The Morgan fingerprint density at radius 3 is 2.16 bits per heavy atom. The summed E-state index contributed by atoms with van der Waals surface area (Å²) < 4.78 is 53.2. The van der Waals surface area contributed by atoms with Gasteiger partial charge in [-0.2, -0.15) is 0 Å². The van der Waals surface area contributed by atoms with E-state index in [9.17, 15) is 17.6 Å². The molecule has 0 aliphatic heterocycles. The molecule has 19 heavy (non-hydrogen) atoms. The van der Waals surface area contributed by atoms with Crippen molar-refractivity contribution in [2.75, 3.05) is 0 Å². The Kier molecular flexibility index (Phi) is 4.02. The zero-order chi connectivity index (χ0) is 14.2. The van der Waals surface area contributed by atoms with Crippen molar-refractivity contribution in [2.24, 2.45) is 0 Å². The first kappa shape index (κ1) is 14.2. The van der Waals surface area contributed by atoms with Crippen LogP contribution in [0.3, 0.4) is 0 Å². The predicted molar refractivity (Wildman–Crippen MR) is 65.4 cm³/mol. The minimum Gasteiger partial charge on any atom is -0.207 e. The Labute approximate surface area is 116 Å². The molecule has 0 bridgehead atoms. The number of rotatable bonds is 2. The van der Waals surface area contributed by atoms with Crippen LogP contribution in [0.15, 0.2) is 30.3 Å². The van der Waals surface area contributed by atoms with E-state index in [1.165, 1.54) is 18.2 Å². The number of hydrogen-bond acceptors (Lipinski definition) is 0. The summed E-state index contributed by atoms with van der Waals surface area (Å²) in [6.45, 7) is 0. The van der Waals surface area contributed by atoms with Crippen LogP contribution in [0.5, 0.6) is 0 Å². The summed E-state index contributed by atoms with van der Waals surface area (Å²) in [5.74, 6) is -4.48. The lowest BCUT2D eigenvalue weighted by Crippen LogP contribution is -2.02. The van der Waals surface area contributed by atoms with Crippen molar-refractivity contribution in [2.45, 2.75) is 5.38 Å². The van der Waals surface area contributed by atoms with Crippen molar-refractivity contribution >= 4 is 23.2 Å². The van der Waals surface area contributed by atoms with Gasteiger partial charge in [-0.1, -0.05) is 23.7 Å². The largest absolute Gasteiger partial charge is 0.207 e. The maximum Gasteiger partial charge on any atom is 0.161 e. The van der Waals surface area contributed by atoms with Crippen LogP contribution in [0.4, 0.5) is 17.6 Å². The van der Waals surface area contributed by atoms with Crippen molar-refractivity contribution in [3.63, 3.8) is 0 Å². The molecular formula is C13H6Cl2F4. The molecule has 0 spiro atoms. The van der Waals surface area contributed by atoms with Gasteiger partial charge in [0.05, 0.1) is 10.4 Å². The van der Waals surface area contributed by atoms with Crippen LogP contribution in [0.25, 0.3) is 0 Å². The molecule has 0 amide bonds. The van der Waals surface area contributed by atoms with Crippen LogP contribution in [0.1, 0.15) is 16.5 Å². The number of benzene rings is 2. The summed E-state index contributed by atoms with van der Waals surface area (Å²) in [5, 5.41) is -1.50. The van der Waals surface area contributed by atoms with E-state index in [1.54, 1.807) is 0 Å². The minimum atomic E-state index is -1.34. The molecule has 0 aliphatic rings. The normalized spacial score (nSPS) is 12.5. The molecule has 0 fully saturated rings. The number of hydrogen-bond donors (Lipinski definition) is 0. The Hall–Kier alpha value is -1.26. The lowest BCUT2D eigenvalue weighted by Gasteiger charge is -2.13. The van der Waals surface area contributed by atoms with E-state index in [2.05, 4.69) is 0 Å². The van der Waals surface area contributed by atoms with Crippen LogP contribution in [0, 0.1) is 23.3 Å². The minimum absolute atomic E-state index is 0.112. The molecule has 0 N–H and O–H groups in total. The summed E-state index contributed by atoms with van der Waals surface area (Å²) >= 11 is 11.5. The molecule has 2 rings (SSSR count). The fourth-order valence-electron chi connectivity index (χ4n) is 1.62. The van der Waals surface area contributed by atoms with E-state index >= 15 is 0 Å². The average molecular weight is 309 g/mol. The highest BCUT2D eigenvalue weighted by Crippen LogP contribution is 2.34. The number of alkyl halides is 1. The Balaban J connectivity index is 2.53. The molecular weight excluding hydrogens is 303 g/mol. The van der Waals surface area contributed by atoms with Crippen LogP contribution < -0.4 is 0 Å². The second-order valence-electron chi connectivity index (χ2n) is 3.79. The van der Waals surface area contributed by atoms with Gasteiger partial charge in [0, 0.05) is 17.2 Å². The van der Waals surface area contributed by atoms with E-state index in [0.717, 1.165) is 0 Å². The van der Waals surface area contributed by atoms with Crippen molar-refractivity contribution in [1.82, 2.24) is 0 Å². The zero-order valence-corrected chi connectivity index (χ0v) is 10.7. The second-order valence-corrected chi connectivity index (χ2v) is 4.64. The fourth-order valence-corrected chi connectivity index (χ4v) is 2.13. The van der Waals surface area contributed by atoms with Gasteiger partial charge >= 0.3 is 0 Å². The first-order valence-electron chi connectivity index (χ1n) is 5.14. The fraction of sp³-hybridized carbons (Fsp3) is 0.0769. The molecule has 2 aromatic rings. The van der Waals surface area contributed by atoms with Gasteiger partial charge in [-0.25, -0.2) is 17.6 Å². The van der Waals surface area contributed by atoms with Crippen LogP contribution in [-0.2, 0) is 0 Å². The van der Waals surface area contributed by atoms with Gasteiger partial charge < -0.3 is 0 Å². The van der Waals surface area contributed by atoms with Crippen LogP contribution in [0.2, 0.25) is 5.02 Å². The van der Waals surface area contributed by atoms with Gasteiger partial charge in [-0.3, -0.25) is 0 Å². The first-order chi connectivity index (χ1) is 8.91. The molecule has 1 atom stereocenters. The molecule has 1 unspecified atom stereocenters. The van der Waals surface area contributed by atoms with Crippen molar-refractivity contribution in [3.8, 4) is 0 Å². The van der Waals surface area contributed by atoms with Crippen LogP contribution in [-0.4, -0.2) is 0 Å². The SMILES string of the molecule is Fc1cc(F)c(C(Cl)c2cccc(Cl)c2F)cc1F. The molecule has 2 aromatic carbocycles. The third kappa shape index (κ3) is 2.69. The Bertz CT molecular complexity index is 628. The first-order valence-corrected chi connectivity index (χ1v) is 5.95. The lowest BCUT2D eigenvalue weighted by atomic mass is 10.0. The highest BCUT2D eigenvalue weighted by atomic mass is 35.5. The Morgan fingerprint density at radius 2 is 1.47 bits per heavy atom. The summed E-state index contributed by atoms with van der Waals surface area (Å²) in [6.07, 6.45) is 0. The summed E-state index contributed by atoms with van der Waals surface area (Å²) in [7, 11) is 0. The third-order valence-electron chi connectivity index (χ3n) is 2.57. The zero-order valence-electron chi connectivity index (χ0n) is 9.23. The average Bonchev–Trinajstić information content (AvgIpc) is 2.36. The highest BCUT2D eigenvalue weighted by molar-refractivity contribution is 6.31. The molecule has 0 nitrogen and oxygen atoms in total.